The second-order valence-electron chi connectivity index (χ2n) is 6.36. The number of methoxy groups -OCH3 is 3. The summed E-state index contributed by atoms with van der Waals surface area (Å²) in [7, 11) is 4.59. The first kappa shape index (κ1) is 18.3. The van der Waals surface area contributed by atoms with Crippen LogP contribution in [0, 0.1) is 5.92 Å². The Bertz CT molecular complexity index is 662. The number of nitrogens with zero attached hydrogens (tertiary/aromatic N) is 2. The minimum absolute atomic E-state index is 0.0507. The Labute approximate surface area is 153 Å². The first-order chi connectivity index (χ1) is 12.6. The van der Waals surface area contributed by atoms with Gasteiger partial charge in [-0.05, 0) is 0 Å². The Balaban J connectivity index is 1.81. The quantitative estimate of drug-likeness (QED) is 0.821. The van der Waals surface area contributed by atoms with Gasteiger partial charge in [-0.25, -0.2) is 0 Å². The molecule has 0 bridgehead atoms. The molecule has 2 heterocycles. The van der Waals surface area contributed by atoms with Gasteiger partial charge < -0.3 is 29.3 Å². The van der Waals surface area contributed by atoms with Gasteiger partial charge in [-0.2, -0.15) is 0 Å². The molecule has 2 fully saturated rings. The largest absolute Gasteiger partial charge is 0.493 e. The van der Waals surface area contributed by atoms with Gasteiger partial charge >= 0.3 is 0 Å². The van der Waals surface area contributed by atoms with Crippen LogP contribution in [-0.4, -0.2) is 70.8 Å². The fraction of sp³-hybridized carbons (Fsp3) is 0.556. The number of rotatable bonds is 5. The van der Waals surface area contributed by atoms with Crippen molar-refractivity contribution in [1.82, 2.24) is 10.2 Å². The van der Waals surface area contributed by atoms with Crippen molar-refractivity contribution in [3.8, 4) is 17.2 Å². The number of hydrogen-bond donors (Lipinski definition) is 1. The molecule has 3 rings (SSSR count). The Kier molecular flexibility index (Phi) is 5.51. The minimum Gasteiger partial charge on any atom is -0.493 e. The molecular formula is C18H25N3O5. The van der Waals surface area contributed by atoms with E-state index in [1.807, 2.05) is 4.90 Å². The van der Waals surface area contributed by atoms with Crippen LogP contribution in [0.15, 0.2) is 12.1 Å². The lowest BCUT2D eigenvalue weighted by atomic mass is 10.1. The molecule has 2 aliphatic rings. The summed E-state index contributed by atoms with van der Waals surface area (Å²) in [4.78, 5) is 28.7. The van der Waals surface area contributed by atoms with Crippen LogP contribution < -0.4 is 24.4 Å². The van der Waals surface area contributed by atoms with E-state index in [4.69, 9.17) is 14.2 Å². The van der Waals surface area contributed by atoms with E-state index < -0.39 is 0 Å². The molecule has 1 atom stereocenters. The van der Waals surface area contributed by atoms with Crippen molar-refractivity contribution in [3.63, 3.8) is 0 Å². The van der Waals surface area contributed by atoms with Gasteiger partial charge in [0.1, 0.15) is 0 Å². The fourth-order valence-electron chi connectivity index (χ4n) is 3.49. The van der Waals surface area contributed by atoms with Gasteiger partial charge in [0.2, 0.25) is 17.6 Å². The van der Waals surface area contributed by atoms with E-state index in [9.17, 15) is 9.59 Å². The number of nitrogens with one attached hydrogen (secondary N) is 1. The van der Waals surface area contributed by atoms with E-state index in [-0.39, 0.29) is 24.2 Å². The highest BCUT2D eigenvalue weighted by Crippen LogP contribution is 2.42. The molecule has 26 heavy (non-hydrogen) atoms. The Morgan fingerprint density at radius 3 is 2.23 bits per heavy atom. The molecule has 0 saturated carbocycles. The summed E-state index contributed by atoms with van der Waals surface area (Å²) in [5, 5.41) is 3.23. The van der Waals surface area contributed by atoms with Crippen molar-refractivity contribution < 1.29 is 23.8 Å². The van der Waals surface area contributed by atoms with E-state index in [2.05, 4.69) is 5.32 Å². The summed E-state index contributed by atoms with van der Waals surface area (Å²) in [5.41, 5.74) is 0.639. The lowest BCUT2D eigenvalue weighted by Gasteiger charge is -2.29. The third-order valence-corrected chi connectivity index (χ3v) is 4.86. The number of carbonyl (C=O) groups excluding carboxylic acids is 2. The van der Waals surface area contributed by atoms with Gasteiger partial charge in [-0.1, -0.05) is 0 Å². The molecule has 8 nitrogen and oxygen atoms in total. The third kappa shape index (κ3) is 3.41. The molecule has 1 aromatic rings. The summed E-state index contributed by atoms with van der Waals surface area (Å²) in [6.45, 7) is 3.33. The van der Waals surface area contributed by atoms with Gasteiger partial charge in [-0.15, -0.1) is 0 Å². The Morgan fingerprint density at radius 2 is 1.69 bits per heavy atom. The summed E-state index contributed by atoms with van der Waals surface area (Å²) in [6, 6.07) is 3.47. The molecule has 1 unspecified atom stereocenters. The molecule has 0 aliphatic carbocycles. The summed E-state index contributed by atoms with van der Waals surface area (Å²) >= 11 is 0. The topological polar surface area (TPSA) is 80.3 Å². The number of amides is 2. The highest BCUT2D eigenvalue weighted by molar-refractivity contribution is 6.00. The zero-order valence-corrected chi connectivity index (χ0v) is 15.4. The van der Waals surface area contributed by atoms with Crippen LogP contribution in [0.3, 0.4) is 0 Å². The fourth-order valence-corrected chi connectivity index (χ4v) is 3.49. The van der Waals surface area contributed by atoms with Crippen LogP contribution in [0.4, 0.5) is 5.69 Å². The van der Waals surface area contributed by atoms with Crippen molar-refractivity contribution in [2.75, 3.05) is 59.0 Å². The summed E-state index contributed by atoms with van der Waals surface area (Å²) in [6.07, 6.45) is 0.222. The van der Waals surface area contributed by atoms with Crippen LogP contribution in [0.25, 0.3) is 0 Å². The van der Waals surface area contributed by atoms with Crippen LogP contribution in [-0.2, 0) is 9.59 Å². The first-order valence-electron chi connectivity index (χ1n) is 8.69. The summed E-state index contributed by atoms with van der Waals surface area (Å²) < 4.78 is 16.0. The zero-order chi connectivity index (χ0) is 18.7. The number of benzene rings is 1. The predicted octanol–water partition coefficient (Wildman–Crippen LogP) is 0.497. The number of hydrogen-bond acceptors (Lipinski definition) is 6. The first-order valence-corrected chi connectivity index (χ1v) is 8.69. The number of carbonyl (C=O) groups is 2. The second-order valence-corrected chi connectivity index (χ2v) is 6.36. The normalized spacial score (nSPS) is 20.3. The predicted molar refractivity (Wildman–Crippen MR) is 96.0 cm³/mol. The maximum atomic E-state index is 12.7. The zero-order valence-electron chi connectivity index (χ0n) is 15.4. The van der Waals surface area contributed by atoms with Gasteiger partial charge in [0.25, 0.3) is 0 Å². The molecule has 2 amide bonds. The Morgan fingerprint density at radius 1 is 1.08 bits per heavy atom. The molecule has 142 valence electrons. The number of ether oxygens (including phenoxy) is 3. The molecule has 2 aliphatic heterocycles. The SMILES string of the molecule is COc1cc(N2CC(C(=O)N3CCNCC3)CC2=O)cc(OC)c1OC. The van der Waals surface area contributed by atoms with E-state index >= 15 is 0 Å². The standard InChI is InChI=1S/C18H25N3O5/c1-24-14-9-13(10-15(25-2)17(14)26-3)21-11-12(8-16(21)22)18(23)20-6-4-19-5-7-20/h9-10,12,19H,4-8,11H2,1-3H3. The van der Waals surface area contributed by atoms with Gasteiger partial charge in [0.15, 0.2) is 11.5 Å². The van der Waals surface area contributed by atoms with Crippen LogP contribution in [0.1, 0.15) is 6.42 Å². The minimum atomic E-state index is -0.320. The maximum absolute atomic E-state index is 12.7. The molecule has 0 radical (unpaired) electrons. The number of anilines is 1. The van der Waals surface area contributed by atoms with Gasteiger partial charge in [0.05, 0.1) is 32.9 Å². The van der Waals surface area contributed by atoms with Crippen molar-refractivity contribution >= 4 is 17.5 Å². The average molecular weight is 363 g/mol. The van der Waals surface area contributed by atoms with Gasteiger partial charge in [-0.3, -0.25) is 9.59 Å². The monoisotopic (exact) mass is 363 g/mol. The molecular weight excluding hydrogens is 338 g/mol. The molecule has 1 aromatic carbocycles. The molecule has 0 aromatic heterocycles. The average Bonchev–Trinajstić information content (AvgIpc) is 3.08. The molecule has 2 saturated heterocycles. The third-order valence-electron chi connectivity index (χ3n) is 4.86. The lowest BCUT2D eigenvalue weighted by molar-refractivity contribution is -0.136. The van der Waals surface area contributed by atoms with Crippen LogP contribution in [0.2, 0.25) is 0 Å². The van der Waals surface area contributed by atoms with Gasteiger partial charge in [0, 0.05) is 51.3 Å². The molecule has 1 N–H and O–H groups in total. The van der Waals surface area contributed by atoms with E-state index in [1.54, 1.807) is 17.0 Å². The highest BCUT2D eigenvalue weighted by atomic mass is 16.5. The van der Waals surface area contributed by atoms with E-state index in [0.717, 1.165) is 13.1 Å². The van der Waals surface area contributed by atoms with Crippen molar-refractivity contribution in [2.24, 2.45) is 5.92 Å². The lowest BCUT2D eigenvalue weighted by Crippen LogP contribution is -2.48. The second kappa shape index (κ2) is 7.82. The highest BCUT2D eigenvalue weighted by Gasteiger charge is 2.38. The van der Waals surface area contributed by atoms with Crippen molar-refractivity contribution in [1.29, 1.82) is 0 Å². The van der Waals surface area contributed by atoms with Crippen LogP contribution >= 0.6 is 0 Å². The Hall–Kier alpha value is -2.48. The van der Waals surface area contributed by atoms with E-state index in [0.29, 0.717) is 42.6 Å². The van der Waals surface area contributed by atoms with Crippen molar-refractivity contribution in [2.45, 2.75) is 6.42 Å². The van der Waals surface area contributed by atoms with Crippen LogP contribution in [0.5, 0.6) is 17.2 Å². The maximum Gasteiger partial charge on any atom is 0.228 e. The molecule has 0 spiro atoms. The smallest absolute Gasteiger partial charge is 0.228 e. The van der Waals surface area contributed by atoms with Crippen molar-refractivity contribution in [3.05, 3.63) is 12.1 Å². The summed E-state index contributed by atoms with van der Waals surface area (Å²) in [5.74, 6) is 1.08. The van der Waals surface area contributed by atoms with E-state index in [1.165, 1.54) is 21.3 Å². The number of piperazine rings is 1. The molecule has 8 heteroatoms.